The molecule has 0 unspecified atom stereocenters. The molecule has 0 spiro atoms. The molecule has 43 heavy (non-hydrogen) atoms. The van der Waals surface area contributed by atoms with Gasteiger partial charge in [0.2, 0.25) is 0 Å². The Bertz CT molecular complexity index is 1650. The van der Waals surface area contributed by atoms with Crippen LogP contribution in [0.2, 0.25) is 0 Å². The van der Waals surface area contributed by atoms with Crippen LogP contribution in [-0.2, 0) is 10.1 Å². The first kappa shape index (κ1) is 31.1. The van der Waals surface area contributed by atoms with Crippen LogP contribution in [0.5, 0.6) is 5.75 Å². The molecule has 0 aliphatic rings. The number of hydrogen-bond donors (Lipinski definition) is 2. The maximum Gasteiger partial charge on any atom is 0.339 e. The maximum absolute atomic E-state index is 10.9. The molecule has 0 fully saturated rings. The summed E-state index contributed by atoms with van der Waals surface area (Å²) in [7, 11) is -6.00. The Hall–Kier alpha value is -4.82. The van der Waals surface area contributed by atoms with Crippen LogP contribution in [0, 0.1) is 0 Å². The maximum atomic E-state index is 10.9. The molecular formula is C33H27O8PS. The molecule has 5 aromatic carbocycles. The number of hydrogen-bond acceptors (Lipinski definition) is 6. The number of carboxylic acid groups (broad SMARTS) is 2. The van der Waals surface area contributed by atoms with E-state index in [0.717, 1.165) is 7.11 Å². The number of rotatable bonds is 8. The highest BCUT2D eigenvalue weighted by Crippen LogP contribution is 2.54. The van der Waals surface area contributed by atoms with Gasteiger partial charge in [-0.05, 0) is 60.7 Å². The van der Waals surface area contributed by atoms with E-state index >= 15 is 0 Å². The number of benzene rings is 5. The zero-order valence-corrected chi connectivity index (χ0v) is 24.6. The van der Waals surface area contributed by atoms with Crippen molar-refractivity contribution in [3.63, 3.8) is 0 Å². The minimum atomic E-state index is -5.06. The van der Waals surface area contributed by atoms with E-state index in [4.69, 9.17) is 10.2 Å². The van der Waals surface area contributed by atoms with Gasteiger partial charge in [0.15, 0.2) is 5.75 Å². The van der Waals surface area contributed by atoms with Crippen LogP contribution in [-0.4, -0.2) is 42.2 Å². The molecule has 0 aromatic heterocycles. The summed E-state index contributed by atoms with van der Waals surface area (Å²) in [5.74, 6) is -3.87. The van der Waals surface area contributed by atoms with E-state index < -0.39 is 51.1 Å². The largest absolute Gasteiger partial charge is 0.744 e. The van der Waals surface area contributed by atoms with Crippen molar-refractivity contribution in [1.29, 1.82) is 0 Å². The predicted molar refractivity (Wildman–Crippen MR) is 166 cm³/mol. The van der Waals surface area contributed by atoms with Crippen molar-refractivity contribution in [1.82, 2.24) is 0 Å². The molecule has 5 rings (SSSR count). The quantitative estimate of drug-likeness (QED) is 0.195. The summed E-state index contributed by atoms with van der Waals surface area (Å²) in [5, 5.41) is 23.1. The lowest BCUT2D eigenvalue weighted by atomic mass is 10.1. The van der Waals surface area contributed by atoms with Gasteiger partial charge in [0, 0.05) is 0 Å². The minimum Gasteiger partial charge on any atom is -0.744 e. The van der Waals surface area contributed by atoms with Gasteiger partial charge in [-0.15, -0.1) is 0 Å². The monoisotopic (exact) mass is 614 g/mol. The minimum absolute atomic E-state index is 0.552. The molecule has 8 nitrogen and oxygen atoms in total. The Kier molecular flexibility index (Phi) is 9.73. The van der Waals surface area contributed by atoms with Gasteiger partial charge in [0.05, 0.1) is 17.6 Å². The third-order valence-corrected chi connectivity index (χ3v) is 11.7. The van der Waals surface area contributed by atoms with Crippen LogP contribution in [0.15, 0.2) is 138 Å². The van der Waals surface area contributed by atoms with Gasteiger partial charge in [-0.3, -0.25) is 0 Å². The summed E-state index contributed by atoms with van der Waals surface area (Å²) in [6, 6.07) is 45.1. The lowest BCUT2D eigenvalue weighted by Crippen LogP contribution is -2.38. The molecule has 0 amide bonds. The lowest BCUT2D eigenvalue weighted by molar-refractivity contribution is 0.0692. The highest BCUT2D eigenvalue weighted by molar-refractivity contribution is 8.01. The van der Waals surface area contributed by atoms with Crippen LogP contribution in [0.4, 0.5) is 0 Å². The third kappa shape index (κ3) is 6.65. The standard InChI is InChI=1S/C24H20P.C9H8O8S/c1-5-13-21(14-6-1)25(22-15-7-2-8-16-22,23-17-9-3-10-18-23)24-19-11-4-12-20-24;1-17-7-5(9(12)13)2-4(8(10)11)3-6(7)18(14,15)16/h1-20H;2-3H,1H3,(H,10,11)(H,12,13)(H,14,15,16)/q+1;/p-1. The Morgan fingerprint density at radius 2 is 0.977 bits per heavy atom. The molecule has 0 heterocycles. The van der Waals surface area contributed by atoms with Crippen molar-refractivity contribution in [2.75, 3.05) is 7.11 Å². The molecule has 0 bridgehead atoms. The van der Waals surface area contributed by atoms with Gasteiger partial charge in [-0.2, -0.15) is 0 Å². The third-order valence-electron chi connectivity index (χ3n) is 6.58. The van der Waals surface area contributed by atoms with Gasteiger partial charge in [0.1, 0.15) is 44.2 Å². The number of carbonyl (C=O) groups is 2. The van der Waals surface area contributed by atoms with Gasteiger partial charge >= 0.3 is 11.9 Å². The molecule has 218 valence electrons. The first-order valence-electron chi connectivity index (χ1n) is 12.9. The summed E-state index contributed by atoms with van der Waals surface area (Å²) in [6.45, 7) is 0. The SMILES string of the molecule is COc1c(C(=O)O)cc(C(=O)O)cc1S(=O)(=O)[O-].c1ccc([P+](c2ccccc2)(c2ccccc2)c2ccccc2)cc1. The summed E-state index contributed by atoms with van der Waals surface area (Å²) in [4.78, 5) is 20.6. The number of aromatic carboxylic acids is 2. The summed E-state index contributed by atoms with van der Waals surface area (Å²) >= 11 is 0. The van der Waals surface area contributed by atoms with Gasteiger partial charge in [-0.25, -0.2) is 18.0 Å². The van der Waals surface area contributed by atoms with Gasteiger partial charge in [0.25, 0.3) is 0 Å². The number of ether oxygens (including phenoxy) is 1. The summed E-state index contributed by atoms with van der Waals surface area (Å²) < 4.78 is 37.4. The van der Waals surface area contributed by atoms with E-state index in [0.29, 0.717) is 12.1 Å². The van der Waals surface area contributed by atoms with Crippen LogP contribution in [0.1, 0.15) is 20.7 Å². The fraction of sp³-hybridized carbons (Fsp3) is 0.0303. The smallest absolute Gasteiger partial charge is 0.339 e. The predicted octanol–water partition coefficient (Wildman–Crippen LogP) is 4.30. The fourth-order valence-electron chi connectivity index (χ4n) is 4.78. The summed E-state index contributed by atoms with van der Waals surface area (Å²) in [5.41, 5.74) is -1.35. The van der Waals surface area contributed by atoms with Gasteiger partial charge in [-0.1, -0.05) is 72.8 Å². The van der Waals surface area contributed by atoms with E-state index in [-0.39, 0.29) is 0 Å². The van der Waals surface area contributed by atoms with Crippen LogP contribution in [0.25, 0.3) is 0 Å². The van der Waals surface area contributed by atoms with E-state index in [1.165, 1.54) is 21.2 Å². The second-order valence-corrected chi connectivity index (χ2v) is 13.9. The van der Waals surface area contributed by atoms with Crippen molar-refractivity contribution in [2.24, 2.45) is 0 Å². The topological polar surface area (TPSA) is 141 Å². The number of methoxy groups -OCH3 is 1. The summed E-state index contributed by atoms with van der Waals surface area (Å²) in [6.07, 6.45) is 0. The molecule has 0 saturated carbocycles. The van der Waals surface area contributed by atoms with E-state index in [1.807, 2.05) is 0 Å². The number of carboxylic acids is 2. The van der Waals surface area contributed by atoms with Crippen molar-refractivity contribution in [3.8, 4) is 5.75 Å². The average Bonchev–Trinajstić information content (AvgIpc) is 3.03. The zero-order valence-electron chi connectivity index (χ0n) is 22.9. The second kappa shape index (κ2) is 13.4. The van der Waals surface area contributed by atoms with Crippen molar-refractivity contribution >= 4 is 50.5 Å². The molecule has 0 aliphatic heterocycles. The highest BCUT2D eigenvalue weighted by Gasteiger charge is 2.47. The molecule has 0 radical (unpaired) electrons. The Morgan fingerprint density at radius 1 is 0.628 bits per heavy atom. The van der Waals surface area contributed by atoms with Crippen molar-refractivity contribution < 1.29 is 37.5 Å². The van der Waals surface area contributed by atoms with Gasteiger partial charge < -0.3 is 19.5 Å². The van der Waals surface area contributed by atoms with Crippen molar-refractivity contribution in [2.45, 2.75) is 4.90 Å². The molecule has 10 heteroatoms. The molecule has 0 saturated heterocycles. The normalized spacial score (nSPS) is 11.1. The first-order valence-corrected chi connectivity index (χ1v) is 16.1. The molecular weight excluding hydrogens is 587 g/mol. The fourth-order valence-corrected chi connectivity index (χ4v) is 9.74. The average molecular weight is 615 g/mol. The van der Waals surface area contributed by atoms with E-state index in [2.05, 4.69) is 126 Å². The molecule has 0 aliphatic carbocycles. The molecule has 0 atom stereocenters. The molecule has 5 aromatic rings. The van der Waals surface area contributed by atoms with Crippen LogP contribution >= 0.6 is 7.26 Å². The van der Waals surface area contributed by atoms with Crippen LogP contribution < -0.4 is 26.0 Å². The molecule has 2 N–H and O–H groups in total. The van der Waals surface area contributed by atoms with Crippen molar-refractivity contribution in [3.05, 3.63) is 145 Å². The highest BCUT2D eigenvalue weighted by atomic mass is 32.2. The Morgan fingerprint density at radius 3 is 1.23 bits per heavy atom. The Balaban J connectivity index is 0.000000209. The van der Waals surface area contributed by atoms with E-state index in [9.17, 15) is 22.6 Å². The van der Waals surface area contributed by atoms with Crippen LogP contribution in [0.3, 0.4) is 0 Å². The van der Waals surface area contributed by atoms with E-state index in [1.54, 1.807) is 0 Å². The second-order valence-electron chi connectivity index (χ2n) is 9.13. The lowest BCUT2D eigenvalue weighted by Gasteiger charge is -2.27. The first-order chi connectivity index (χ1) is 20.6. The zero-order chi connectivity index (χ0) is 31.0. The Labute approximate surface area is 249 Å².